The van der Waals surface area contributed by atoms with Gasteiger partial charge >= 0.3 is 12.2 Å². The first-order valence-electron chi connectivity index (χ1n) is 11.0. The molecule has 3 N–H and O–H groups in total. The Labute approximate surface area is 191 Å². The number of rotatable bonds is 7. The molecule has 0 saturated carbocycles. The van der Waals surface area contributed by atoms with Crippen molar-refractivity contribution in [3.63, 3.8) is 0 Å². The van der Waals surface area contributed by atoms with Gasteiger partial charge < -0.3 is 30.1 Å². The number of benzene rings is 2. The fourth-order valence-corrected chi connectivity index (χ4v) is 4.37. The van der Waals surface area contributed by atoms with E-state index in [0.29, 0.717) is 26.3 Å². The molecule has 1 aliphatic heterocycles. The third-order valence-electron chi connectivity index (χ3n) is 5.97. The van der Waals surface area contributed by atoms with Gasteiger partial charge in [-0.05, 0) is 28.7 Å². The van der Waals surface area contributed by atoms with Crippen LogP contribution in [0.2, 0.25) is 0 Å². The summed E-state index contributed by atoms with van der Waals surface area (Å²) in [5.74, 6) is -0.371. The number of morpholine rings is 1. The normalized spacial score (nSPS) is 15.8. The highest BCUT2D eigenvalue weighted by Gasteiger charge is 2.31. The van der Waals surface area contributed by atoms with Crippen LogP contribution in [0.4, 0.5) is 9.59 Å². The molecule has 1 heterocycles. The Morgan fingerprint density at radius 3 is 2.24 bits per heavy atom. The zero-order chi connectivity index (χ0) is 23.2. The third-order valence-corrected chi connectivity index (χ3v) is 5.97. The minimum absolute atomic E-state index is 0.0275. The number of carboxylic acid groups (broad SMARTS) is 1. The van der Waals surface area contributed by atoms with Crippen molar-refractivity contribution < 1.29 is 29.0 Å². The summed E-state index contributed by atoms with van der Waals surface area (Å²) >= 11 is 0. The molecule has 3 amide bonds. The SMILES string of the molecule is O=C(O)NCC[C@H](NC(=O)OCC1c2ccccc2-c2ccccc21)C(=O)N1CCOCC1. The molecule has 1 aliphatic carbocycles. The van der Waals surface area contributed by atoms with Gasteiger partial charge in [-0.25, -0.2) is 9.59 Å². The Morgan fingerprint density at radius 1 is 1.03 bits per heavy atom. The van der Waals surface area contributed by atoms with Crippen molar-refractivity contribution in [1.82, 2.24) is 15.5 Å². The lowest BCUT2D eigenvalue weighted by atomic mass is 9.98. The second-order valence-electron chi connectivity index (χ2n) is 7.98. The molecule has 1 atom stereocenters. The highest BCUT2D eigenvalue weighted by Crippen LogP contribution is 2.44. The van der Waals surface area contributed by atoms with E-state index < -0.39 is 18.2 Å². The standard InChI is InChI=1S/C24H27N3O6/c28-22(27-11-13-32-14-12-27)21(9-10-25-23(29)30)26-24(31)33-15-20-18-7-3-1-5-16(18)17-6-2-4-8-19(17)20/h1-8,20-21,25H,9-15H2,(H,26,31)(H,29,30)/t21-/m0/s1. The number of ether oxygens (including phenoxy) is 2. The molecule has 0 spiro atoms. The lowest BCUT2D eigenvalue weighted by molar-refractivity contribution is -0.137. The summed E-state index contributed by atoms with van der Waals surface area (Å²) in [6.07, 6.45) is -1.78. The van der Waals surface area contributed by atoms with E-state index >= 15 is 0 Å². The second-order valence-corrected chi connectivity index (χ2v) is 7.98. The first-order valence-corrected chi connectivity index (χ1v) is 11.0. The number of nitrogens with zero attached hydrogens (tertiary/aromatic N) is 1. The van der Waals surface area contributed by atoms with Crippen LogP contribution in [0.15, 0.2) is 48.5 Å². The number of carbonyl (C=O) groups is 3. The number of amides is 3. The first-order chi connectivity index (χ1) is 16.0. The molecular weight excluding hydrogens is 426 g/mol. The van der Waals surface area contributed by atoms with Gasteiger partial charge in [0.15, 0.2) is 0 Å². The van der Waals surface area contributed by atoms with E-state index in [4.69, 9.17) is 14.6 Å². The summed E-state index contributed by atoms with van der Waals surface area (Å²) in [4.78, 5) is 38.0. The zero-order valence-corrected chi connectivity index (χ0v) is 18.2. The van der Waals surface area contributed by atoms with Gasteiger partial charge in [0.05, 0.1) is 13.2 Å². The van der Waals surface area contributed by atoms with E-state index in [1.807, 2.05) is 36.4 Å². The van der Waals surface area contributed by atoms with Gasteiger partial charge in [0.1, 0.15) is 12.6 Å². The molecule has 0 aromatic heterocycles. The number of nitrogens with one attached hydrogen (secondary N) is 2. The summed E-state index contributed by atoms with van der Waals surface area (Å²) in [7, 11) is 0. The zero-order valence-electron chi connectivity index (χ0n) is 18.2. The molecular formula is C24H27N3O6. The van der Waals surface area contributed by atoms with Crippen LogP contribution in [0.5, 0.6) is 0 Å². The van der Waals surface area contributed by atoms with Gasteiger partial charge in [-0.1, -0.05) is 48.5 Å². The predicted molar refractivity (Wildman–Crippen MR) is 120 cm³/mol. The lowest BCUT2D eigenvalue weighted by Crippen LogP contribution is -2.52. The maximum absolute atomic E-state index is 12.9. The van der Waals surface area contributed by atoms with Gasteiger partial charge in [0.25, 0.3) is 0 Å². The van der Waals surface area contributed by atoms with Gasteiger partial charge in [-0.2, -0.15) is 0 Å². The van der Waals surface area contributed by atoms with Crippen molar-refractivity contribution in [1.29, 1.82) is 0 Å². The maximum atomic E-state index is 12.9. The van der Waals surface area contributed by atoms with E-state index in [2.05, 4.69) is 22.8 Å². The summed E-state index contributed by atoms with van der Waals surface area (Å²) in [5.41, 5.74) is 4.45. The van der Waals surface area contributed by atoms with Gasteiger partial charge in [-0.15, -0.1) is 0 Å². The van der Waals surface area contributed by atoms with Crippen LogP contribution in [-0.2, 0) is 14.3 Å². The lowest BCUT2D eigenvalue weighted by Gasteiger charge is -2.30. The first kappa shape index (κ1) is 22.6. The van der Waals surface area contributed by atoms with Crippen molar-refractivity contribution in [2.75, 3.05) is 39.5 Å². The van der Waals surface area contributed by atoms with E-state index in [9.17, 15) is 14.4 Å². The van der Waals surface area contributed by atoms with Crippen LogP contribution in [0.25, 0.3) is 11.1 Å². The minimum Gasteiger partial charge on any atom is -0.465 e. The van der Waals surface area contributed by atoms with Crippen molar-refractivity contribution in [3.8, 4) is 11.1 Å². The van der Waals surface area contributed by atoms with Crippen LogP contribution in [0.3, 0.4) is 0 Å². The van der Waals surface area contributed by atoms with E-state index in [1.54, 1.807) is 4.90 Å². The fourth-order valence-electron chi connectivity index (χ4n) is 4.37. The molecule has 0 radical (unpaired) electrons. The average Bonchev–Trinajstić information content (AvgIpc) is 3.16. The Morgan fingerprint density at radius 2 is 1.64 bits per heavy atom. The van der Waals surface area contributed by atoms with Crippen molar-refractivity contribution >= 4 is 18.1 Å². The largest absolute Gasteiger partial charge is 0.465 e. The Kier molecular flexibility index (Phi) is 7.09. The topological polar surface area (TPSA) is 117 Å². The predicted octanol–water partition coefficient (Wildman–Crippen LogP) is 2.41. The van der Waals surface area contributed by atoms with Crippen LogP contribution in [0, 0.1) is 0 Å². The van der Waals surface area contributed by atoms with Crippen LogP contribution >= 0.6 is 0 Å². The summed E-state index contributed by atoms with van der Waals surface area (Å²) in [6.45, 7) is 1.86. The number of hydrogen-bond acceptors (Lipinski definition) is 5. The number of fused-ring (bicyclic) bond motifs is 3. The highest BCUT2D eigenvalue weighted by atomic mass is 16.5. The van der Waals surface area contributed by atoms with Crippen molar-refractivity contribution in [2.45, 2.75) is 18.4 Å². The van der Waals surface area contributed by atoms with Crippen LogP contribution in [-0.4, -0.2) is 73.6 Å². The monoisotopic (exact) mass is 453 g/mol. The number of alkyl carbamates (subject to hydrolysis) is 1. The molecule has 4 rings (SSSR count). The van der Waals surface area contributed by atoms with Crippen molar-refractivity contribution in [2.24, 2.45) is 0 Å². The molecule has 174 valence electrons. The van der Waals surface area contributed by atoms with Gasteiger partial charge in [-0.3, -0.25) is 4.79 Å². The molecule has 0 bridgehead atoms. The van der Waals surface area contributed by atoms with E-state index in [0.717, 1.165) is 22.3 Å². The molecule has 33 heavy (non-hydrogen) atoms. The van der Waals surface area contributed by atoms with Gasteiger partial charge in [0, 0.05) is 25.6 Å². The summed E-state index contributed by atoms with van der Waals surface area (Å²) < 4.78 is 10.8. The molecule has 1 saturated heterocycles. The molecule has 2 aromatic carbocycles. The molecule has 1 fully saturated rings. The van der Waals surface area contributed by atoms with E-state index in [-0.39, 0.29) is 31.4 Å². The highest BCUT2D eigenvalue weighted by molar-refractivity contribution is 5.86. The fraction of sp³-hybridized carbons (Fsp3) is 0.375. The minimum atomic E-state index is -1.19. The quantitative estimate of drug-likeness (QED) is 0.593. The smallest absolute Gasteiger partial charge is 0.407 e. The maximum Gasteiger partial charge on any atom is 0.407 e. The van der Waals surface area contributed by atoms with Crippen molar-refractivity contribution in [3.05, 3.63) is 59.7 Å². The number of hydrogen-bond donors (Lipinski definition) is 3. The summed E-state index contributed by atoms with van der Waals surface area (Å²) in [5, 5.41) is 13.7. The van der Waals surface area contributed by atoms with E-state index in [1.165, 1.54) is 0 Å². The summed E-state index contributed by atoms with van der Waals surface area (Å²) in [6, 6.07) is 15.2. The third kappa shape index (κ3) is 5.25. The Balaban J connectivity index is 1.41. The molecule has 2 aromatic rings. The Bertz CT molecular complexity index is 975. The van der Waals surface area contributed by atoms with Gasteiger partial charge in [0.2, 0.25) is 5.91 Å². The van der Waals surface area contributed by atoms with Crippen LogP contribution in [0.1, 0.15) is 23.5 Å². The molecule has 0 unspecified atom stereocenters. The van der Waals surface area contributed by atoms with Crippen LogP contribution < -0.4 is 10.6 Å². The molecule has 9 heteroatoms. The second kappa shape index (κ2) is 10.4. The number of carbonyl (C=O) groups excluding carboxylic acids is 2. The average molecular weight is 453 g/mol. The Hall–Kier alpha value is -3.59. The molecule has 2 aliphatic rings. The molecule has 9 nitrogen and oxygen atoms in total.